The molecule has 0 saturated heterocycles. The molecule has 1 aromatic rings. The predicted octanol–water partition coefficient (Wildman–Crippen LogP) is 4.19. The molecule has 2 rings (SSSR count). The van der Waals surface area contributed by atoms with Gasteiger partial charge in [-0.05, 0) is 56.7 Å². The Balaban J connectivity index is 2.03. The number of rotatable bonds is 4. The van der Waals surface area contributed by atoms with Gasteiger partial charge in [0.05, 0.1) is 6.10 Å². The van der Waals surface area contributed by atoms with Crippen molar-refractivity contribution in [2.45, 2.75) is 58.1 Å². The van der Waals surface area contributed by atoms with E-state index in [-0.39, 0.29) is 18.0 Å². The summed E-state index contributed by atoms with van der Waals surface area (Å²) in [4.78, 5) is 0. The fraction of sp³-hybridized carbons (Fsp3) is 0.625. The molecule has 0 unspecified atom stereocenters. The second-order valence-corrected chi connectivity index (χ2v) is 5.64. The van der Waals surface area contributed by atoms with Crippen LogP contribution in [0.15, 0.2) is 18.2 Å². The molecule has 1 saturated carbocycles. The minimum absolute atomic E-state index is 0.210. The Morgan fingerprint density at radius 1 is 1.32 bits per heavy atom. The molecule has 106 valence electrons. The topological polar surface area (TPSA) is 35.2 Å². The lowest BCUT2D eigenvalue weighted by Gasteiger charge is -2.29. The Morgan fingerprint density at radius 3 is 2.58 bits per heavy atom. The van der Waals surface area contributed by atoms with E-state index in [2.05, 4.69) is 6.92 Å². The van der Waals surface area contributed by atoms with Gasteiger partial charge in [0.25, 0.3) is 0 Å². The summed E-state index contributed by atoms with van der Waals surface area (Å²) in [5, 5.41) is 0. The van der Waals surface area contributed by atoms with E-state index >= 15 is 0 Å². The summed E-state index contributed by atoms with van der Waals surface area (Å²) in [7, 11) is 0. The molecule has 0 aromatic heterocycles. The van der Waals surface area contributed by atoms with Crippen LogP contribution in [-0.2, 0) is 0 Å². The summed E-state index contributed by atoms with van der Waals surface area (Å²) < 4.78 is 19.3. The van der Waals surface area contributed by atoms with Gasteiger partial charge in [-0.1, -0.05) is 13.3 Å². The van der Waals surface area contributed by atoms with Crippen molar-refractivity contribution in [2.75, 3.05) is 0 Å². The highest BCUT2D eigenvalue weighted by Crippen LogP contribution is 2.32. The molecule has 0 radical (unpaired) electrons. The number of halogens is 1. The molecular weight excluding hydrogens is 241 g/mol. The van der Waals surface area contributed by atoms with Crippen molar-refractivity contribution < 1.29 is 9.13 Å². The van der Waals surface area contributed by atoms with Crippen LogP contribution < -0.4 is 10.5 Å². The molecule has 0 amide bonds. The molecule has 0 aliphatic heterocycles. The summed E-state index contributed by atoms with van der Waals surface area (Å²) >= 11 is 0. The lowest BCUT2D eigenvalue weighted by atomic mass is 9.86. The third kappa shape index (κ3) is 3.69. The predicted molar refractivity (Wildman–Crippen MR) is 75.7 cm³/mol. The van der Waals surface area contributed by atoms with E-state index in [0.717, 1.165) is 30.1 Å². The fourth-order valence-corrected chi connectivity index (χ4v) is 2.82. The van der Waals surface area contributed by atoms with Crippen LogP contribution in [0.2, 0.25) is 0 Å². The Kier molecular flexibility index (Phi) is 4.81. The highest BCUT2D eigenvalue weighted by Gasteiger charge is 2.22. The van der Waals surface area contributed by atoms with Crippen LogP contribution in [0.4, 0.5) is 4.39 Å². The van der Waals surface area contributed by atoms with E-state index in [0.29, 0.717) is 0 Å². The lowest BCUT2D eigenvalue weighted by molar-refractivity contribution is 0.128. The average molecular weight is 265 g/mol. The number of benzene rings is 1. The largest absolute Gasteiger partial charge is 0.490 e. The van der Waals surface area contributed by atoms with Crippen LogP contribution in [-0.4, -0.2) is 6.10 Å². The Labute approximate surface area is 115 Å². The molecule has 1 aliphatic carbocycles. The molecule has 1 fully saturated rings. The molecule has 0 bridgehead atoms. The van der Waals surface area contributed by atoms with Crippen LogP contribution in [0.25, 0.3) is 0 Å². The molecule has 1 atom stereocenters. The first kappa shape index (κ1) is 14.3. The zero-order valence-electron chi connectivity index (χ0n) is 11.9. The van der Waals surface area contributed by atoms with Gasteiger partial charge < -0.3 is 10.5 Å². The highest BCUT2D eigenvalue weighted by atomic mass is 19.1. The van der Waals surface area contributed by atoms with Crippen LogP contribution in [0, 0.1) is 11.7 Å². The molecule has 1 aliphatic rings. The Bertz CT molecular complexity index is 411. The molecule has 0 spiro atoms. The van der Waals surface area contributed by atoms with E-state index in [9.17, 15) is 4.39 Å². The number of hydrogen-bond donors (Lipinski definition) is 1. The zero-order chi connectivity index (χ0) is 13.8. The third-order valence-corrected chi connectivity index (χ3v) is 4.13. The fourth-order valence-electron chi connectivity index (χ4n) is 2.82. The van der Waals surface area contributed by atoms with Gasteiger partial charge in [0.1, 0.15) is 11.6 Å². The molecule has 3 heteroatoms. The van der Waals surface area contributed by atoms with Crippen LogP contribution in [0.3, 0.4) is 0 Å². The van der Waals surface area contributed by atoms with Crippen molar-refractivity contribution in [1.29, 1.82) is 0 Å². The van der Waals surface area contributed by atoms with E-state index in [1.54, 1.807) is 6.07 Å². The van der Waals surface area contributed by atoms with Crippen molar-refractivity contribution in [3.8, 4) is 5.75 Å². The minimum atomic E-state index is -0.255. The van der Waals surface area contributed by atoms with E-state index in [4.69, 9.17) is 10.5 Å². The van der Waals surface area contributed by atoms with E-state index < -0.39 is 0 Å². The van der Waals surface area contributed by atoms with Gasteiger partial charge in [-0.2, -0.15) is 0 Å². The third-order valence-electron chi connectivity index (χ3n) is 4.13. The maximum atomic E-state index is 13.3. The molecule has 2 N–H and O–H groups in total. The second-order valence-electron chi connectivity index (χ2n) is 5.64. The number of nitrogens with two attached hydrogens (primary N) is 1. The maximum Gasteiger partial charge on any atom is 0.124 e. The first-order valence-electron chi connectivity index (χ1n) is 7.31. The maximum absolute atomic E-state index is 13.3. The first-order chi connectivity index (χ1) is 9.10. The minimum Gasteiger partial charge on any atom is -0.490 e. The van der Waals surface area contributed by atoms with Crippen molar-refractivity contribution in [3.63, 3.8) is 0 Å². The van der Waals surface area contributed by atoms with Gasteiger partial charge in [-0.25, -0.2) is 4.39 Å². The summed E-state index contributed by atoms with van der Waals surface area (Å²) in [5.41, 5.74) is 6.65. The van der Waals surface area contributed by atoms with Crippen LogP contribution in [0.1, 0.15) is 57.6 Å². The van der Waals surface area contributed by atoms with Crippen molar-refractivity contribution >= 4 is 0 Å². The number of ether oxygens (including phenoxy) is 1. The van der Waals surface area contributed by atoms with E-state index in [1.165, 1.54) is 31.4 Å². The summed E-state index contributed by atoms with van der Waals surface area (Å²) in [5.74, 6) is 1.34. The monoisotopic (exact) mass is 265 g/mol. The SMILES string of the molecule is CCC1CCC(Oc2ccc(F)cc2[C@@H](C)N)CC1. The van der Waals surface area contributed by atoms with Crippen molar-refractivity contribution in [1.82, 2.24) is 0 Å². The molecule has 2 nitrogen and oxygen atoms in total. The van der Waals surface area contributed by atoms with Gasteiger partial charge in [0.15, 0.2) is 0 Å². The molecule has 1 aromatic carbocycles. The van der Waals surface area contributed by atoms with Crippen molar-refractivity contribution in [2.24, 2.45) is 11.7 Å². The normalized spacial score (nSPS) is 25.1. The number of hydrogen-bond acceptors (Lipinski definition) is 2. The van der Waals surface area contributed by atoms with Crippen LogP contribution in [0.5, 0.6) is 5.75 Å². The molecule has 0 heterocycles. The van der Waals surface area contributed by atoms with Gasteiger partial charge in [0, 0.05) is 11.6 Å². The smallest absolute Gasteiger partial charge is 0.124 e. The second kappa shape index (κ2) is 6.38. The summed E-state index contributed by atoms with van der Waals surface area (Å²) in [6.07, 6.45) is 6.16. The van der Waals surface area contributed by atoms with Gasteiger partial charge in [0.2, 0.25) is 0 Å². The van der Waals surface area contributed by atoms with Gasteiger partial charge in [-0.15, -0.1) is 0 Å². The Morgan fingerprint density at radius 2 is 2.00 bits per heavy atom. The van der Waals surface area contributed by atoms with Gasteiger partial charge in [-0.3, -0.25) is 0 Å². The Hall–Kier alpha value is -1.09. The summed E-state index contributed by atoms with van der Waals surface area (Å²) in [6.45, 7) is 4.11. The summed E-state index contributed by atoms with van der Waals surface area (Å²) in [6, 6.07) is 4.42. The van der Waals surface area contributed by atoms with E-state index in [1.807, 2.05) is 6.92 Å². The zero-order valence-corrected chi connectivity index (χ0v) is 11.9. The lowest BCUT2D eigenvalue weighted by Crippen LogP contribution is -2.24. The highest BCUT2D eigenvalue weighted by molar-refractivity contribution is 5.36. The van der Waals surface area contributed by atoms with Crippen molar-refractivity contribution in [3.05, 3.63) is 29.6 Å². The van der Waals surface area contributed by atoms with Crippen LogP contribution >= 0.6 is 0 Å². The first-order valence-corrected chi connectivity index (χ1v) is 7.31. The molecular formula is C16H24FNO. The van der Waals surface area contributed by atoms with Gasteiger partial charge >= 0.3 is 0 Å². The standard InChI is InChI=1S/C16H24FNO/c1-3-12-4-7-14(8-5-12)19-16-9-6-13(17)10-15(16)11(2)18/h6,9-12,14H,3-5,7-8,18H2,1-2H3/t11-,12?,14?/m1/s1. The average Bonchev–Trinajstić information content (AvgIpc) is 2.41. The quantitative estimate of drug-likeness (QED) is 0.885. The molecule has 19 heavy (non-hydrogen) atoms.